The normalized spacial score (nSPS) is 16.4. The van der Waals surface area contributed by atoms with E-state index in [4.69, 9.17) is 9.47 Å². The monoisotopic (exact) mass is 417 g/mol. The van der Waals surface area contributed by atoms with Crippen LogP contribution in [0, 0.1) is 5.92 Å². The van der Waals surface area contributed by atoms with Gasteiger partial charge in [-0.25, -0.2) is 0 Å². The molecule has 2 aliphatic heterocycles. The van der Waals surface area contributed by atoms with Crippen molar-refractivity contribution in [2.75, 3.05) is 26.3 Å². The summed E-state index contributed by atoms with van der Waals surface area (Å²) in [5.74, 6) is 0.905. The molecule has 2 aromatic rings. The fourth-order valence-corrected chi connectivity index (χ4v) is 3.74. The smallest absolute Gasteiger partial charge is 0.387 e. The van der Waals surface area contributed by atoms with Gasteiger partial charge < -0.3 is 19.1 Å². The van der Waals surface area contributed by atoms with E-state index >= 15 is 0 Å². The van der Waals surface area contributed by atoms with E-state index in [2.05, 4.69) is 4.74 Å². The molecule has 4 rings (SSSR count). The molecule has 0 atom stereocenters. The third-order valence-electron chi connectivity index (χ3n) is 5.31. The molecule has 2 aromatic carbocycles. The summed E-state index contributed by atoms with van der Waals surface area (Å²) in [6.45, 7) is -1.04. The highest BCUT2D eigenvalue weighted by atomic mass is 19.3. The average Bonchev–Trinajstić information content (AvgIpc) is 2.78. The minimum atomic E-state index is -2.91. The van der Waals surface area contributed by atoms with Gasteiger partial charge in [0.05, 0.1) is 0 Å². The number of hydrogen-bond donors (Lipinski definition) is 0. The van der Waals surface area contributed by atoms with Crippen molar-refractivity contribution in [3.63, 3.8) is 0 Å². The Labute approximate surface area is 172 Å². The van der Waals surface area contributed by atoms with Gasteiger partial charge in [0.15, 0.2) is 17.3 Å². The predicted molar refractivity (Wildman–Crippen MR) is 103 cm³/mol. The van der Waals surface area contributed by atoms with E-state index in [1.165, 1.54) is 24.3 Å². The predicted octanol–water partition coefficient (Wildman–Crippen LogP) is 3.79. The number of ether oxygens (including phenoxy) is 3. The largest absolute Gasteiger partial charge is 0.486 e. The van der Waals surface area contributed by atoms with Crippen LogP contribution in [0.4, 0.5) is 8.78 Å². The highest BCUT2D eigenvalue weighted by Gasteiger charge is 2.29. The van der Waals surface area contributed by atoms with Crippen molar-refractivity contribution in [1.82, 2.24) is 4.90 Å². The van der Waals surface area contributed by atoms with Crippen LogP contribution in [0.25, 0.3) is 0 Å². The van der Waals surface area contributed by atoms with Gasteiger partial charge in [-0.1, -0.05) is 0 Å². The molecule has 0 saturated carbocycles. The Morgan fingerprint density at radius 1 is 0.933 bits per heavy atom. The fraction of sp³-hybridized carbons (Fsp3) is 0.364. The van der Waals surface area contributed by atoms with Gasteiger partial charge in [-0.3, -0.25) is 9.59 Å². The first-order chi connectivity index (χ1) is 14.5. The first-order valence-corrected chi connectivity index (χ1v) is 9.79. The zero-order chi connectivity index (χ0) is 21.1. The number of carbonyl (C=O) groups excluding carboxylic acids is 2. The Morgan fingerprint density at radius 2 is 1.57 bits per heavy atom. The van der Waals surface area contributed by atoms with Gasteiger partial charge in [-0.15, -0.1) is 0 Å². The second kappa shape index (κ2) is 8.69. The van der Waals surface area contributed by atoms with E-state index in [0.29, 0.717) is 61.8 Å². The number of nitrogens with zero attached hydrogens (tertiary/aromatic N) is 1. The number of Topliss-reactive ketones (excluding diaryl/α,β-unsaturated/α-hetero) is 1. The van der Waals surface area contributed by atoms with Crippen molar-refractivity contribution in [2.24, 2.45) is 5.92 Å². The molecule has 0 aromatic heterocycles. The fourth-order valence-electron chi connectivity index (χ4n) is 3.74. The summed E-state index contributed by atoms with van der Waals surface area (Å²) in [5, 5.41) is 0. The maximum absolute atomic E-state index is 12.9. The standard InChI is InChI=1S/C22H21F2NO5/c23-22(24)30-17-4-1-15(2-5-17)21(27)25-9-7-14(8-10-25)20(26)16-3-6-18-19(13-16)29-12-11-28-18/h1-6,13-14,22H,7-12H2. The Hall–Kier alpha value is -3.16. The lowest BCUT2D eigenvalue weighted by molar-refractivity contribution is -0.0498. The second-order valence-electron chi connectivity index (χ2n) is 7.19. The SMILES string of the molecule is O=C(c1ccc2c(c1)OCCO2)C1CCN(C(=O)c2ccc(OC(F)F)cc2)CC1. The Balaban J connectivity index is 1.35. The van der Waals surface area contributed by atoms with Gasteiger partial charge in [0.1, 0.15) is 19.0 Å². The number of benzene rings is 2. The molecule has 0 bridgehead atoms. The molecule has 0 spiro atoms. The van der Waals surface area contributed by atoms with Crippen LogP contribution in [-0.4, -0.2) is 49.5 Å². The van der Waals surface area contributed by atoms with E-state index in [-0.39, 0.29) is 23.4 Å². The first kappa shape index (κ1) is 20.1. The van der Waals surface area contributed by atoms with E-state index in [0.717, 1.165) is 0 Å². The second-order valence-corrected chi connectivity index (χ2v) is 7.19. The van der Waals surface area contributed by atoms with Gasteiger partial charge in [-0.2, -0.15) is 8.78 Å². The summed E-state index contributed by atoms with van der Waals surface area (Å²) in [7, 11) is 0. The van der Waals surface area contributed by atoms with Crippen LogP contribution in [0.2, 0.25) is 0 Å². The molecule has 0 radical (unpaired) electrons. The Kier molecular flexibility index (Phi) is 5.83. The van der Waals surface area contributed by atoms with Crippen LogP contribution < -0.4 is 14.2 Å². The molecule has 0 aliphatic carbocycles. The van der Waals surface area contributed by atoms with Crippen LogP contribution >= 0.6 is 0 Å². The average molecular weight is 417 g/mol. The molecule has 30 heavy (non-hydrogen) atoms. The van der Waals surface area contributed by atoms with Gasteiger partial charge >= 0.3 is 6.61 Å². The zero-order valence-corrected chi connectivity index (χ0v) is 16.2. The molecule has 1 amide bonds. The Morgan fingerprint density at radius 3 is 2.23 bits per heavy atom. The quantitative estimate of drug-likeness (QED) is 0.693. The summed E-state index contributed by atoms with van der Waals surface area (Å²) in [5.41, 5.74) is 0.979. The Bertz CT molecular complexity index is 924. The number of halogens is 2. The number of carbonyl (C=O) groups is 2. The van der Waals surface area contributed by atoms with Gasteiger partial charge in [0.2, 0.25) is 0 Å². The van der Waals surface area contributed by atoms with Gasteiger partial charge in [-0.05, 0) is 55.3 Å². The minimum absolute atomic E-state index is 0.00489. The highest BCUT2D eigenvalue weighted by Crippen LogP contribution is 2.32. The first-order valence-electron chi connectivity index (χ1n) is 9.79. The number of likely N-dealkylation sites (tertiary alicyclic amines) is 1. The number of fused-ring (bicyclic) bond motifs is 1. The molecule has 1 fully saturated rings. The van der Waals surface area contributed by atoms with Crippen molar-refractivity contribution in [1.29, 1.82) is 0 Å². The van der Waals surface area contributed by atoms with Crippen LogP contribution in [0.1, 0.15) is 33.6 Å². The summed E-state index contributed by atoms with van der Waals surface area (Å²) in [6.07, 6.45) is 1.12. The molecule has 2 aliphatic rings. The summed E-state index contributed by atoms with van der Waals surface area (Å²) < 4.78 is 39.8. The zero-order valence-electron chi connectivity index (χ0n) is 16.2. The van der Waals surface area contributed by atoms with E-state index in [1.54, 1.807) is 23.1 Å². The topological polar surface area (TPSA) is 65.1 Å². The minimum Gasteiger partial charge on any atom is -0.486 e. The summed E-state index contributed by atoms with van der Waals surface area (Å²) >= 11 is 0. The lowest BCUT2D eigenvalue weighted by Gasteiger charge is -2.31. The van der Waals surface area contributed by atoms with Crippen molar-refractivity contribution >= 4 is 11.7 Å². The third-order valence-corrected chi connectivity index (χ3v) is 5.31. The van der Waals surface area contributed by atoms with E-state index in [9.17, 15) is 18.4 Å². The van der Waals surface area contributed by atoms with Gasteiger partial charge in [0.25, 0.3) is 5.91 Å². The number of amides is 1. The molecular weight excluding hydrogens is 396 g/mol. The molecule has 1 saturated heterocycles. The van der Waals surface area contributed by atoms with Gasteiger partial charge in [0, 0.05) is 30.1 Å². The lowest BCUT2D eigenvalue weighted by atomic mass is 9.88. The van der Waals surface area contributed by atoms with Crippen molar-refractivity contribution in [3.05, 3.63) is 53.6 Å². The molecule has 2 heterocycles. The summed E-state index contributed by atoms with van der Waals surface area (Å²) in [4.78, 5) is 27.2. The third kappa shape index (κ3) is 4.37. The number of piperidine rings is 1. The van der Waals surface area contributed by atoms with Crippen LogP contribution in [0.15, 0.2) is 42.5 Å². The van der Waals surface area contributed by atoms with Crippen LogP contribution in [-0.2, 0) is 0 Å². The molecule has 6 nitrogen and oxygen atoms in total. The maximum atomic E-state index is 12.9. The lowest BCUT2D eigenvalue weighted by Crippen LogP contribution is -2.40. The summed E-state index contributed by atoms with van der Waals surface area (Å²) in [6, 6.07) is 10.8. The molecule has 158 valence electrons. The van der Waals surface area contributed by atoms with E-state index in [1.807, 2.05) is 0 Å². The molecule has 0 N–H and O–H groups in total. The maximum Gasteiger partial charge on any atom is 0.387 e. The number of ketones is 1. The number of hydrogen-bond acceptors (Lipinski definition) is 5. The molecule has 8 heteroatoms. The molecular formula is C22H21F2NO5. The highest BCUT2D eigenvalue weighted by molar-refractivity contribution is 5.99. The molecule has 0 unspecified atom stereocenters. The van der Waals surface area contributed by atoms with Crippen molar-refractivity contribution in [3.8, 4) is 17.2 Å². The van der Waals surface area contributed by atoms with Crippen molar-refractivity contribution in [2.45, 2.75) is 19.5 Å². The number of rotatable bonds is 5. The van der Waals surface area contributed by atoms with E-state index < -0.39 is 6.61 Å². The van der Waals surface area contributed by atoms with Crippen LogP contribution in [0.5, 0.6) is 17.2 Å². The van der Waals surface area contributed by atoms with Crippen molar-refractivity contribution < 1.29 is 32.6 Å². The number of alkyl halides is 2. The van der Waals surface area contributed by atoms with Crippen LogP contribution in [0.3, 0.4) is 0 Å².